The molecule has 1 N–H and O–H groups in total. The smallest absolute Gasteiger partial charge is 0.221 e. The lowest BCUT2D eigenvalue weighted by molar-refractivity contribution is -0.114. The molecule has 4 nitrogen and oxygen atoms in total. The van der Waals surface area contributed by atoms with Crippen molar-refractivity contribution in [2.24, 2.45) is 0 Å². The highest BCUT2D eigenvalue weighted by molar-refractivity contribution is 5.88. The maximum atomic E-state index is 10.9. The van der Waals surface area contributed by atoms with Gasteiger partial charge in [-0.3, -0.25) is 4.79 Å². The molecule has 0 atom stereocenters. The fourth-order valence-corrected chi connectivity index (χ4v) is 1.59. The van der Waals surface area contributed by atoms with Crippen LogP contribution in [0.1, 0.15) is 6.92 Å². The molecule has 98 valence electrons. The van der Waals surface area contributed by atoms with Crippen LogP contribution in [0.15, 0.2) is 48.5 Å². The monoisotopic (exact) mass is 257 g/mol. The second kappa shape index (κ2) is 5.91. The molecule has 0 aromatic heterocycles. The molecule has 0 heterocycles. The van der Waals surface area contributed by atoms with Crippen molar-refractivity contribution >= 4 is 11.6 Å². The standard InChI is InChI=1S/C15H15NO3/c1-11(17)16-12-3-5-14(6-4-12)19-15-9-7-13(18-2)8-10-15/h3-10H,1-2H3,(H,16,17). The van der Waals surface area contributed by atoms with Gasteiger partial charge < -0.3 is 14.8 Å². The summed E-state index contributed by atoms with van der Waals surface area (Å²) in [5.74, 6) is 2.13. The average Bonchev–Trinajstić information content (AvgIpc) is 2.41. The Labute approximate surface area is 112 Å². The number of hydrogen-bond donors (Lipinski definition) is 1. The Bertz CT molecular complexity index is 547. The summed E-state index contributed by atoms with van der Waals surface area (Å²) in [5, 5.41) is 2.70. The molecule has 19 heavy (non-hydrogen) atoms. The average molecular weight is 257 g/mol. The van der Waals surface area contributed by atoms with E-state index in [1.165, 1.54) is 6.92 Å². The normalized spacial score (nSPS) is 9.79. The van der Waals surface area contributed by atoms with Crippen LogP contribution >= 0.6 is 0 Å². The molecule has 0 bridgehead atoms. The van der Waals surface area contributed by atoms with Crippen LogP contribution < -0.4 is 14.8 Å². The van der Waals surface area contributed by atoms with Crippen molar-refractivity contribution in [3.8, 4) is 17.2 Å². The number of nitrogens with one attached hydrogen (secondary N) is 1. The third kappa shape index (κ3) is 3.74. The topological polar surface area (TPSA) is 47.6 Å². The lowest BCUT2D eigenvalue weighted by atomic mass is 10.3. The number of carbonyl (C=O) groups excluding carboxylic acids is 1. The third-order valence-corrected chi connectivity index (χ3v) is 2.47. The molecule has 0 aliphatic rings. The van der Waals surface area contributed by atoms with Crippen LogP contribution in [0.25, 0.3) is 0 Å². The van der Waals surface area contributed by atoms with E-state index in [4.69, 9.17) is 9.47 Å². The van der Waals surface area contributed by atoms with Gasteiger partial charge in [0.1, 0.15) is 17.2 Å². The van der Waals surface area contributed by atoms with E-state index in [1.807, 2.05) is 24.3 Å². The van der Waals surface area contributed by atoms with Gasteiger partial charge in [0.15, 0.2) is 0 Å². The van der Waals surface area contributed by atoms with Crippen molar-refractivity contribution < 1.29 is 14.3 Å². The van der Waals surface area contributed by atoms with Crippen LogP contribution in [0.5, 0.6) is 17.2 Å². The zero-order chi connectivity index (χ0) is 13.7. The van der Waals surface area contributed by atoms with E-state index in [-0.39, 0.29) is 5.91 Å². The van der Waals surface area contributed by atoms with E-state index < -0.39 is 0 Å². The molecule has 0 unspecified atom stereocenters. The molecule has 2 rings (SSSR count). The first-order valence-electron chi connectivity index (χ1n) is 5.87. The van der Waals surface area contributed by atoms with Gasteiger partial charge >= 0.3 is 0 Å². The number of benzene rings is 2. The largest absolute Gasteiger partial charge is 0.497 e. The summed E-state index contributed by atoms with van der Waals surface area (Å²) < 4.78 is 10.7. The Hall–Kier alpha value is -2.49. The minimum absolute atomic E-state index is 0.0937. The molecule has 1 amide bonds. The summed E-state index contributed by atoms with van der Waals surface area (Å²) in [6.45, 7) is 1.47. The Morgan fingerprint density at radius 1 is 0.895 bits per heavy atom. The Balaban J connectivity index is 2.04. The molecule has 0 saturated carbocycles. The van der Waals surface area contributed by atoms with E-state index in [0.29, 0.717) is 5.75 Å². The fourth-order valence-electron chi connectivity index (χ4n) is 1.59. The van der Waals surface area contributed by atoms with Crippen molar-refractivity contribution in [3.63, 3.8) is 0 Å². The number of carbonyl (C=O) groups is 1. The lowest BCUT2D eigenvalue weighted by Gasteiger charge is -2.07. The minimum atomic E-state index is -0.0937. The van der Waals surface area contributed by atoms with Gasteiger partial charge in [-0.1, -0.05) is 0 Å². The molecule has 0 radical (unpaired) electrons. The van der Waals surface area contributed by atoms with Crippen molar-refractivity contribution in [3.05, 3.63) is 48.5 Å². The highest BCUT2D eigenvalue weighted by Crippen LogP contribution is 2.24. The van der Waals surface area contributed by atoms with Crippen molar-refractivity contribution in [1.82, 2.24) is 0 Å². The van der Waals surface area contributed by atoms with Gasteiger partial charge in [0, 0.05) is 12.6 Å². The number of hydrogen-bond acceptors (Lipinski definition) is 3. The zero-order valence-corrected chi connectivity index (χ0v) is 10.8. The van der Waals surface area contributed by atoms with Gasteiger partial charge in [-0.05, 0) is 48.5 Å². The van der Waals surface area contributed by atoms with Crippen molar-refractivity contribution in [2.75, 3.05) is 12.4 Å². The maximum absolute atomic E-state index is 10.9. The predicted octanol–water partition coefficient (Wildman–Crippen LogP) is 3.45. The van der Waals surface area contributed by atoms with Crippen molar-refractivity contribution in [2.45, 2.75) is 6.92 Å². The first-order valence-corrected chi connectivity index (χ1v) is 5.87. The minimum Gasteiger partial charge on any atom is -0.497 e. The number of ether oxygens (including phenoxy) is 2. The predicted molar refractivity (Wildman–Crippen MR) is 73.8 cm³/mol. The van der Waals surface area contributed by atoms with E-state index in [1.54, 1.807) is 31.4 Å². The number of rotatable bonds is 4. The van der Waals surface area contributed by atoms with Crippen molar-refractivity contribution in [1.29, 1.82) is 0 Å². The molecule has 4 heteroatoms. The second-order valence-electron chi connectivity index (χ2n) is 3.98. The summed E-state index contributed by atoms with van der Waals surface area (Å²) in [5.41, 5.74) is 0.745. The SMILES string of the molecule is COc1ccc(Oc2ccc(NC(C)=O)cc2)cc1. The number of amides is 1. The van der Waals surface area contributed by atoms with E-state index >= 15 is 0 Å². The van der Waals surface area contributed by atoms with E-state index in [0.717, 1.165) is 17.2 Å². The molecule has 0 saturated heterocycles. The van der Waals surface area contributed by atoms with Gasteiger partial charge in [-0.25, -0.2) is 0 Å². The summed E-state index contributed by atoms with van der Waals surface area (Å²) in [7, 11) is 1.62. The maximum Gasteiger partial charge on any atom is 0.221 e. The summed E-state index contributed by atoms with van der Waals surface area (Å²) >= 11 is 0. The summed E-state index contributed by atoms with van der Waals surface area (Å²) in [6.07, 6.45) is 0. The molecule has 0 aliphatic heterocycles. The lowest BCUT2D eigenvalue weighted by Crippen LogP contribution is -2.05. The van der Waals surface area contributed by atoms with Gasteiger partial charge in [0.2, 0.25) is 5.91 Å². The Morgan fingerprint density at radius 2 is 1.37 bits per heavy atom. The molecule has 0 spiro atoms. The molecule has 2 aromatic rings. The second-order valence-corrected chi connectivity index (χ2v) is 3.98. The van der Waals surface area contributed by atoms with E-state index in [9.17, 15) is 4.79 Å². The Morgan fingerprint density at radius 3 is 1.84 bits per heavy atom. The molecule has 2 aromatic carbocycles. The third-order valence-electron chi connectivity index (χ3n) is 2.47. The quantitative estimate of drug-likeness (QED) is 0.912. The van der Waals surface area contributed by atoms with Crippen LogP contribution in [0.2, 0.25) is 0 Å². The van der Waals surface area contributed by atoms with Crippen LogP contribution in [-0.2, 0) is 4.79 Å². The highest BCUT2D eigenvalue weighted by Gasteiger charge is 1.99. The fraction of sp³-hybridized carbons (Fsp3) is 0.133. The van der Waals surface area contributed by atoms with Crippen LogP contribution in [0, 0.1) is 0 Å². The summed E-state index contributed by atoms with van der Waals surface area (Å²) in [4.78, 5) is 10.9. The van der Waals surface area contributed by atoms with Gasteiger partial charge in [-0.2, -0.15) is 0 Å². The van der Waals surface area contributed by atoms with Crippen LogP contribution in [-0.4, -0.2) is 13.0 Å². The first-order chi connectivity index (χ1) is 9.17. The van der Waals surface area contributed by atoms with Crippen LogP contribution in [0.3, 0.4) is 0 Å². The molecular weight excluding hydrogens is 242 g/mol. The first kappa shape index (κ1) is 13.0. The van der Waals surface area contributed by atoms with Gasteiger partial charge in [0.05, 0.1) is 7.11 Å². The molecule has 0 fully saturated rings. The molecule has 0 aliphatic carbocycles. The highest BCUT2D eigenvalue weighted by atomic mass is 16.5. The summed E-state index contributed by atoms with van der Waals surface area (Å²) in [6, 6.07) is 14.5. The zero-order valence-electron chi connectivity index (χ0n) is 10.8. The van der Waals surface area contributed by atoms with E-state index in [2.05, 4.69) is 5.32 Å². The molecular formula is C15H15NO3. The van der Waals surface area contributed by atoms with Gasteiger partial charge in [-0.15, -0.1) is 0 Å². The number of methoxy groups -OCH3 is 1. The Kier molecular flexibility index (Phi) is 4.03. The van der Waals surface area contributed by atoms with Crippen LogP contribution in [0.4, 0.5) is 5.69 Å². The van der Waals surface area contributed by atoms with Gasteiger partial charge in [0.25, 0.3) is 0 Å². The number of anilines is 1.